The highest BCUT2D eigenvalue weighted by molar-refractivity contribution is 5.96. The topological polar surface area (TPSA) is 165 Å². The molecule has 4 rings (SSSR count). The number of para-hydroxylation sites is 1. The van der Waals surface area contributed by atoms with Gasteiger partial charge in [-0.15, -0.1) is 0 Å². The van der Waals surface area contributed by atoms with Gasteiger partial charge in [0.2, 0.25) is 0 Å². The van der Waals surface area contributed by atoms with E-state index in [1.54, 1.807) is 0 Å². The molecule has 0 aliphatic carbocycles. The lowest BCUT2D eigenvalue weighted by molar-refractivity contribution is -0.0936. The molecule has 3 heterocycles. The minimum Gasteiger partial charge on any atom is -0.491 e. The fourth-order valence-corrected chi connectivity index (χ4v) is 3.77. The van der Waals surface area contributed by atoms with Crippen molar-refractivity contribution in [2.75, 3.05) is 18.1 Å². The molecule has 1 aliphatic rings. The maximum Gasteiger partial charge on any atom is 0.168 e. The number of aryl methyl sites for hydroxylation is 1. The summed E-state index contributed by atoms with van der Waals surface area (Å²) in [5, 5.41) is 31.6. The predicted molar refractivity (Wildman–Crippen MR) is 108 cm³/mol. The summed E-state index contributed by atoms with van der Waals surface area (Å²) in [5.74, 6) is 0.742. The van der Waals surface area contributed by atoms with Crippen LogP contribution < -0.4 is 16.2 Å². The summed E-state index contributed by atoms with van der Waals surface area (Å²) < 4.78 is 13.1. The van der Waals surface area contributed by atoms with E-state index in [1.165, 1.54) is 17.8 Å². The molecule has 0 saturated carbocycles. The highest BCUT2D eigenvalue weighted by Crippen LogP contribution is 2.43. The largest absolute Gasteiger partial charge is 0.491 e. The first-order valence-electron chi connectivity index (χ1n) is 9.31. The molecule has 156 valence electrons. The summed E-state index contributed by atoms with van der Waals surface area (Å²) >= 11 is 0. The predicted octanol–water partition coefficient (Wildman–Crippen LogP) is 0.864. The van der Waals surface area contributed by atoms with Crippen LogP contribution in [0.25, 0.3) is 11.0 Å². The van der Waals surface area contributed by atoms with Crippen LogP contribution in [0.15, 0.2) is 30.6 Å². The van der Waals surface area contributed by atoms with Gasteiger partial charge in [0.05, 0.1) is 5.39 Å². The van der Waals surface area contributed by atoms with Crippen molar-refractivity contribution in [3.8, 4) is 11.8 Å². The molecule has 1 saturated heterocycles. The molecule has 1 aliphatic heterocycles. The van der Waals surface area contributed by atoms with E-state index in [4.69, 9.17) is 20.9 Å². The van der Waals surface area contributed by atoms with E-state index in [9.17, 15) is 15.5 Å². The molecule has 0 spiro atoms. The van der Waals surface area contributed by atoms with Crippen LogP contribution in [0.2, 0.25) is 0 Å². The molecule has 3 aromatic rings. The van der Waals surface area contributed by atoms with Crippen molar-refractivity contribution in [1.82, 2.24) is 14.5 Å². The van der Waals surface area contributed by atoms with Gasteiger partial charge < -0.3 is 31.2 Å². The van der Waals surface area contributed by atoms with Gasteiger partial charge in [-0.3, -0.25) is 4.57 Å². The number of hydrogen-bond donors (Lipinski definition) is 4. The van der Waals surface area contributed by atoms with Gasteiger partial charge in [0, 0.05) is 0 Å². The maximum atomic E-state index is 11.1. The van der Waals surface area contributed by atoms with Gasteiger partial charge in [-0.05, 0) is 25.5 Å². The van der Waals surface area contributed by atoms with E-state index in [0.717, 1.165) is 5.56 Å². The Balaban J connectivity index is 1.71. The first-order valence-corrected chi connectivity index (χ1v) is 9.31. The fourth-order valence-electron chi connectivity index (χ4n) is 3.77. The average molecular weight is 410 g/mol. The molecule has 10 heteroatoms. The van der Waals surface area contributed by atoms with Crippen molar-refractivity contribution in [3.05, 3.63) is 41.7 Å². The Bertz CT molecular complexity index is 1150. The smallest absolute Gasteiger partial charge is 0.168 e. The zero-order valence-corrected chi connectivity index (χ0v) is 16.5. The van der Waals surface area contributed by atoms with Crippen molar-refractivity contribution in [3.63, 3.8) is 0 Å². The minimum atomic E-state index is -1.74. The SMILES string of the molecule is Cc1ccccc1OC[C@H]1O[C@@H](n2c(N)c(C#N)c3c(N)ncnc32)[C@](C)(O)[C@@H]1O. The summed E-state index contributed by atoms with van der Waals surface area (Å²) in [7, 11) is 0. The number of anilines is 2. The third-order valence-electron chi connectivity index (χ3n) is 5.45. The summed E-state index contributed by atoms with van der Waals surface area (Å²) in [6.07, 6.45) is -2.04. The van der Waals surface area contributed by atoms with Crippen molar-refractivity contribution >= 4 is 22.7 Å². The molecule has 30 heavy (non-hydrogen) atoms. The lowest BCUT2D eigenvalue weighted by Crippen LogP contribution is -2.44. The lowest BCUT2D eigenvalue weighted by Gasteiger charge is -2.28. The van der Waals surface area contributed by atoms with Crippen LogP contribution in [-0.2, 0) is 4.74 Å². The van der Waals surface area contributed by atoms with E-state index < -0.39 is 24.0 Å². The third kappa shape index (κ3) is 2.91. The molecule has 0 bridgehead atoms. The van der Waals surface area contributed by atoms with E-state index in [2.05, 4.69) is 9.97 Å². The van der Waals surface area contributed by atoms with Gasteiger partial charge >= 0.3 is 0 Å². The van der Waals surface area contributed by atoms with Crippen LogP contribution in [0.4, 0.5) is 11.6 Å². The summed E-state index contributed by atoms with van der Waals surface area (Å²) in [6.45, 7) is 3.33. The van der Waals surface area contributed by atoms with E-state index in [0.29, 0.717) is 5.75 Å². The zero-order valence-electron chi connectivity index (χ0n) is 16.5. The first kappa shape index (κ1) is 19.9. The number of rotatable bonds is 4. The van der Waals surface area contributed by atoms with Crippen molar-refractivity contribution in [2.45, 2.75) is 37.9 Å². The molecular formula is C20H22N6O4. The van der Waals surface area contributed by atoms with Crippen molar-refractivity contribution in [2.24, 2.45) is 0 Å². The summed E-state index contributed by atoms with van der Waals surface area (Å²) in [4.78, 5) is 8.08. The van der Waals surface area contributed by atoms with Gasteiger partial charge in [0.25, 0.3) is 0 Å². The van der Waals surface area contributed by atoms with Crippen molar-refractivity contribution < 1.29 is 19.7 Å². The van der Waals surface area contributed by atoms with Crippen molar-refractivity contribution in [1.29, 1.82) is 5.26 Å². The number of benzene rings is 1. The van der Waals surface area contributed by atoms with Crippen LogP contribution in [0.3, 0.4) is 0 Å². The van der Waals surface area contributed by atoms with Crippen LogP contribution in [0.1, 0.15) is 24.3 Å². The van der Waals surface area contributed by atoms with Crippen LogP contribution >= 0.6 is 0 Å². The van der Waals surface area contributed by atoms with Crippen LogP contribution in [-0.4, -0.2) is 49.2 Å². The number of fused-ring (bicyclic) bond motifs is 1. The Labute approximate surface area is 172 Å². The number of nitrogen functional groups attached to an aromatic ring is 2. The number of nitrogens with zero attached hydrogens (tertiary/aromatic N) is 4. The number of ether oxygens (including phenoxy) is 2. The quantitative estimate of drug-likeness (QED) is 0.488. The van der Waals surface area contributed by atoms with Gasteiger partial charge in [-0.1, -0.05) is 18.2 Å². The molecule has 4 atom stereocenters. The molecule has 10 nitrogen and oxygen atoms in total. The highest BCUT2D eigenvalue weighted by atomic mass is 16.6. The van der Waals surface area contributed by atoms with Gasteiger partial charge in [0.15, 0.2) is 11.9 Å². The minimum absolute atomic E-state index is 0.00000598. The van der Waals surface area contributed by atoms with Gasteiger partial charge in [-0.25, -0.2) is 9.97 Å². The second kappa shape index (κ2) is 7.14. The molecular weight excluding hydrogens is 388 g/mol. The number of nitrogens with two attached hydrogens (primary N) is 2. The Morgan fingerprint density at radius 3 is 2.77 bits per heavy atom. The molecule has 6 N–H and O–H groups in total. The zero-order chi connectivity index (χ0) is 21.6. The molecule has 0 radical (unpaired) electrons. The normalized spacial score (nSPS) is 26.0. The summed E-state index contributed by atoms with van der Waals surface area (Å²) in [5.41, 5.74) is 11.6. The lowest BCUT2D eigenvalue weighted by atomic mass is 9.96. The standard InChI is InChI=1S/C20H22N6O4/c1-10-5-3-4-6-12(10)29-8-13-15(27)20(2,28)19(30-13)26-17(23)11(7-21)14-16(22)24-9-25-18(14)26/h3-6,9,13,15,19,27-28H,8,23H2,1-2H3,(H2,22,24,25)/t13-,15-,19-,20-/m1/s1. The maximum absolute atomic E-state index is 11.1. The monoisotopic (exact) mass is 410 g/mol. The summed E-state index contributed by atoms with van der Waals surface area (Å²) in [6, 6.07) is 9.44. The van der Waals surface area contributed by atoms with E-state index in [1.807, 2.05) is 37.3 Å². The van der Waals surface area contributed by atoms with E-state index in [-0.39, 0.29) is 34.8 Å². The van der Waals surface area contributed by atoms with E-state index >= 15 is 0 Å². The Morgan fingerprint density at radius 2 is 2.07 bits per heavy atom. The van der Waals surface area contributed by atoms with Crippen LogP contribution in [0.5, 0.6) is 5.75 Å². The number of hydrogen-bond acceptors (Lipinski definition) is 9. The number of aliphatic hydroxyl groups is 2. The molecule has 0 unspecified atom stereocenters. The number of nitriles is 1. The highest BCUT2D eigenvalue weighted by Gasteiger charge is 2.54. The van der Waals surface area contributed by atoms with Gasteiger partial charge in [-0.2, -0.15) is 5.26 Å². The second-order valence-corrected chi connectivity index (χ2v) is 7.47. The Morgan fingerprint density at radius 1 is 1.33 bits per heavy atom. The third-order valence-corrected chi connectivity index (χ3v) is 5.45. The second-order valence-electron chi connectivity index (χ2n) is 7.47. The Kier molecular flexibility index (Phi) is 4.74. The first-order chi connectivity index (χ1) is 14.3. The molecule has 2 aromatic heterocycles. The van der Waals surface area contributed by atoms with Crippen LogP contribution in [0, 0.1) is 18.3 Å². The average Bonchev–Trinajstić information content (AvgIpc) is 3.12. The number of aliphatic hydroxyl groups excluding tert-OH is 1. The molecule has 0 amide bonds. The molecule has 1 aromatic carbocycles. The Hall–Kier alpha value is -3.39. The van der Waals surface area contributed by atoms with Gasteiger partial charge in [0.1, 0.15) is 59.8 Å². The fraction of sp³-hybridized carbons (Fsp3) is 0.350. The number of aromatic nitrogens is 3. The molecule has 1 fully saturated rings.